The van der Waals surface area contributed by atoms with E-state index in [1.54, 1.807) is 12.0 Å². The maximum absolute atomic E-state index is 12.8. The van der Waals surface area contributed by atoms with Crippen molar-refractivity contribution in [2.45, 2.75) is 39.8 Å². The van der Waals surface area contributed by atoms with Crippen molar-refractivity contribution < 1.29 is 14.3 Å². The molecule has 0 saturated carbocycles. The number of nitrogens with zero attached hydrogens (tertiary/aromatic N) is 3. The third kappa shape index (κ3) is 4.35. The van der Waals surface area contributed by atoms with Gasteiger partial charge in [-0.05, 0) is 25.0 Å². The Hall–Kier alpha value is -2.41. The van der Waals surface area contributed by atoms with E-state index in [2.05, 4.69) is 23.7 Å². The fourth-order valence-corrected chi connectivity index (χ4v) is 3.80. The molecule has 3 rings (SSSR count). The fraction of sp³-hybridized carbons (Fsp3) is 0.571. The molecule has 7 heteroatoms. The lowest BCUT2D eigenvalue weighted by Gasteiger charge is -2.20. The molecule has 28 heavy (non-hydrogen) atoms. The van der Waals surface area contributed by atoms with Crippen LogP contribution in [0.2, 0.25) is 0 Å². The molecule has 2 atom stereocenters. The van der Waals surface area contributed by atoms with E-state index in [1.165, 1.54) is 0 Å². The van der Waals surface area contributed by atoms with E-state index in [9.17, 15) is 9.59 Å². The number of methoxy groups -OCH3 is 1. The van der Waals surface area contributed by atoms with Crippen LogP contribution < -0.4 is 5.32 Å². The standard InChI is InChI=1S/C21H30N4O3/c1-14(2)12-24-13-16(11-19(24)26)21(27)22-15(3)20-23-17-7-5-6-8-18(17)25(20)9-10-28-4/h5-8,14-16H,9-13H2,1-4H3,(H,22,27)/t15-,16+/m0/s1. The number of carbonyl (C=O) groups excluding carboxylic acids is 2. The van der Waals surface area contributed by atoms with Crippen LogP contribution in [0, 0.1) is 11.8 Å². The van der Waals surface area contributed by atoms with Crippen LogP contribution >= 0.6 is 0 Å². The van der Waals surface area contributed by atoms with Crippen molar-refractivity contribution in [3.8, 4) is 0 Å². The van der Waals surface area contributed by atoms with Gasteiger partial charge in [0.1, 0.15) is 5.82 Å². The summed E-state index contributed by atoms with van der Waals surface area (Å²) < 4.78 is 7.33. The third-order valence-electron chi connectivity index (χ3n) is 5.12. The number of imidazole rings is 1. The smallest absolute Gasteiger partial charge is 0.226 e. The quantitative estimate of drug-likeness (QED) is 0.756. The van der Waals surface area contributed by atoms with E-state index in [0.717, 1.165) is 16.9 Å². The Balaban J connectivity index is 1.73. The topological polar surface area (TPSA) is 76.5 Å². The summed E-state index contributed by atoms with van der Waals surface area (Å²) in [5.41, 5.74) is 1.92. The Bertz CT molecular complexity index is 845. The highest BCUT2D eigenvalue weighted by Gasteiger charge is 2.35. The van der Waals surface area contributed by atoms with Gasteiger partial charge in [0.05, 0.1) is 29.6 Å². The maximum Gasteiger partial charge on any atom is 0.226 e. The number of amides is 2. The van der Waals surface area contributed by atoms with Crippen molar-refractivity contribution in [1.29, 1.82) is 0 Å². The molecule has 2 heterocycles. The van der Waals surface area contributed by atoms with Crippen LogP contribution in [0.3, 0.4) is 0 Å². The Morgan fingerprint density at radius 3 is 2.79 bits per heavy atom. The third-order valence-corrected chi connectivity index (χ3v) is 5.12. The summed E-state index contributed by atoms with van der Waals surface area (Å²) >= 11 is 0. The van der Waals surface area contributed by atoms with Crippen molar-refractivity contribution in [3.63, 3.8) is 0 Å². The predicted molar refractivity (Wildman–Crippen MR) is 108 cm³/mol. The molecule has 1 aliphatic rings. The summed E-state index contributed by atoms with van der Waals surface area (Å²) in [7, 11) is 1.67. The normalized spacial score (nSPS) is 18.2. The summed E-state index contributed by atoms with van der Waals surface area (Å²) in [4.78, 5) is 31.5. The number of aromatic nitrogens is 2. The first-order valence-electron chi connectivity index (χ1n) is 9.93. The van der Waals surface area contributed by atoms with Crippen molar-refractivity contribution in [2.24, 2.45) is 11.8 Å². The van der Waals surface area contributed by atoms with Crippen molar-refractivity contribution in [2.75, 3.05) is 26.8 Å². The SMILES string of the molecule is COCCn1c([C@H](C)NC(=O)[C@@H]2CC(=O)N(CC(C)C)C2)nc2ccccc21. The van der Waals surface area contributed by atoms with Crippen molar-refractivity contribution in [1.82, 2.24) is 19.8 Å². The van der Waals surface area contributed by atoms with Crippen molar-refractivity contribution >= 4 is 22.8 Å². The van der Waals surface area contributed by atoms with Crippen molar-refractivity contribution in [3.05, 3.63) is 30.1 Å². The van der Waals surface area contributed by atoms with E-state index in [1.807, 2.05) is 31.2 Å². The van der Waals surface area contributed by atoms with Gasteiger partial charge >= 0.3 is 0 Å². The van der Waals surface area contributed by atoms with Crippen LogP contribution in [0.5, 0.6) is 0 Å². The first-order valence-corrected chi connectivity index (χ1v) is 9.93. The summed E-state index contributed by atoms with van der Waals surface area (Å²) in [5, 5.41) is 3.07. The van der Waals surface area contributed by atoms with E-state index >= 15 is 0 Å². The summed E-state index contributed by atoms with van der Waals surface area (Å²) in [6.07, 6.45) is 0.283. The summed E-state index contributed by atoms with van der Waals surface area (Å²) in [6.45, 7) is 8.51. The summed E-state index contributed by atoms with van der Waals surface area (Å²) in [5.74, 6) is 0.872. The average Bonchev–Trinajstić information content (AvgIpc) is 3.20. The molecule has 1 N–H and O–H groups in total. The minimum absolute atomic E-state index is 0.0637. The van der Waals surface area contributed by atoms with Crippen LogP contribution in [-0.4, -0.2) is 53.1 Å². The molecular weight excluding hydrogens is 356 g/mol. The van der Waals surface area contributed by atoms with Crippen LogP contribution in [0.1, 0.15) is 39.1 Å². The number of carbonyl (C=O) groups is 2. The first kappa shape index (κ1) is 20.3. The van der Waals surface area contributed by atoms with Gasteiger partial charge in [-0.3, -0.25) is 9.59 Å². The van der Waals surface area contributed by atoms with Crippen LogP contribution in [-0.2, 0) is 20.9 Å². The second-order valence-corrected chi connectivity index (χ2v) is 7.93. The zero-order valence-electron chi connectivity index (χ0n) is 17.1. The Labute approximate surface area is 166 Å². The lowest BCUT2D eigenvalue weighted by atomic mass is 10.1. The van der Waals surface area contributed by atoms with E-state index in [-0.39, 0.29) is 30.2 Å². The highest BCUT2D eigenvalue weighted by molar-refractivity contribution is 5.89. The average molecular weight is 386 g/mol. The molecule has 0 aliphatic carbocycles. The van der Waals surface area contributed by atoms with Crippen LogP contribution in [0.15, 0.2) is 24.3 Å². The van der Waals surface area contributed by atoms with Gasteiger partial charge in [0, 0.05) is 33.2 Å². The molecule has 1 aromatic heterocycles. The molecule has 152 valence electrons. The second-order valence-electron chi connectivity index (χ2n) is 7.93. The molecule has 1 fully saturated rings. The van der Waals surface area contributed by atoms with E-state index in [4.69, 9.17) is 9.72 Å². The van der Waals surface area contributed by atoms with Crippen LogP contribution in [0.4, 0.5) is 0 Å². The first-order chi connectivity index (χ1) is 13.4. The molecule has 0 bridgehead atoms. The Morgan fingerprint density at radius 1 is 1.32 bits per heavy atom. The number of ether oxygens (including phenoxy) is 1. The number of fused-ring (bicyclic) bond motifs is 1. The predicted octanol–water partition coefficient (Wildman–Crippen LogP) is 2.36. The largest absolute Gasteiger partial charge is 0.383 e. The zero-order chi connectivity index (χ0) is 20.3. The molecule has 7 nitrogen and oxygen atoms in total. The lowest BCUT2D eigenvalue weighted by molar-refractivity contribution is -0.129. The number of nitrogens with one attached hydrogen (secondary N) is 1. The number of hydrogen-bond donors (Lipinski definition) is 1. The van der Waals surface area contributed by atoms with Gasteiger partial charge in [-0.1, -0.05) is 26.0 Å². The fourth-order valence-electron chi connectivity index (χ4n) is 3.80. The monoisotopic (exact) mass is 386 g/mol. The van der Waals surface area contributed by atoms with E-state index in [0.29, 0.717) is 32.2 Å². The Kier molecular flexibility index (Phi) is 6.34. The molecule has 1 aromatic carbocycles. The number of benzene rings is 1. The second kappa shape index (κ2) is 8.73. The molecular formula is C21H30N4O3. The van der Waals surface area contributed by atoms with Gasteiger partial charge in [-0.25, -0.2) is 4.98 Å². The number of likely N-dealkylation sites (tertiary alicyclic amines) is 1. The van der Waals surface area contributed by atoms with Gasteiger partial charge < -0.3 is 19.5 Å². The number of para-hydroxylation sites is 2. The molecule has 0 spiro atoms. The molecule has 0 radical (unpaired) electrons. The molecule has 0 unspecified atom stereocenters. The van der Waals surface area contributed by atoms with Gasteiger partial charge in [-0.15, -0.1) is 0 Å². The highest BCUT2D eigenvalue weighted by Crippen LogP contribution is 2.23. The Morgan fingerprint density at radius 2 is 2.07 bits per heavy atom. The zero-order valence-corrected chi connectivity index (χ0v) is 17.1. The number of hydrogen-bond acceptors (Lipinski definition) is 4. The molecule has 2 amide bonds. The molecule has 2 aromatic rings. The summed E-state index contributed by atoms with van der Waals surface area (Å²) in [6, 6.07) is 7.67. The molecule has 1 aliphatic heterocycles. The van der Waals surface area contributed by atoms with Crippen LogP contribution in [0.25, 0.3) is 11.0 Å². The van der Waals surface area contributed by atoms with E-state index < -0.39 is 0 Å². The van der Waals surface area contributed by atoms with Gasteiger partial charge in [0.15, 0.2) is 0 Å². The molecule has 1 saturated heterocycles. The van der Waals surface area contributed by atoms with Gasteiger partial charge in [0.2, 0.25) is 11.8 Å². The number of rotatable bonds is 8. The minimum Gasteiger partial charge on any atom is -0.383 e. The van der Waals surface area contributed by atoms with Gasteiger partial charge in [-0.2, -0.15) is 0 Å². The highest BCUT2D eigenvalue weighted by atomic mass is 16.5. The maximum atomic E-state index is 12.8. The minimum atomic E-state index is -0.300. The van der Waals surface area contributed by atoms with Gasteiger partial charge in [0.25, 0.3) is 0 Å². The lowest BCUT2D eigenvalue weighted by Crippen LogP contribution is -2.36.